The summed E-state index contributed by atoms with van der Waals surface area (Å²) >= 11 is 4.80. The van der Waals surface area contributed by atoms with E-state index in [9.17, 15) is 9.18 Å². The predicted molar refractivity (Wildman–Crippen MR) is 83.9 cm³/mol. The highest BCUT2D eigenvalue weighted by Gasteiger charge is 2.12. The molecule has 1 N–H and O–H groups in total. The molecule has 0 aliphatic carbocycles. The normalized spacial score (nSPS) is 10.7. The first-order chi connectivity index (χ1) is 9.63. The van der Waals surface area contributed by atoms with E-state index in [2.05, 4.69) is 21.2 Å². The average Bonchev–Trinajstić information content (AvgIpc) is 2.85. The van der Waals surface area contributed by atoms with E-state index >= 15 is 0 Å². The topological polar surface area (TPSA) is 29.1 Å². The largest absolute Gasteiger partial charge is 0.322 e. The fourth-order valence-corrected chi connectivity index (χ4v) is 3.02. The number of amides is 1. The highest BCUT2D eigenvalue weighted by atomic mass is 79.9. The number of halogens is 2. The van der Waals surface area contributed by atoms with E-state index < -0.39 is 11.7 Å². The van der Waals surface area contributed by atoms with Gasteiger partial charge in [0.15, 0.2) is 0 Å². The van der Waals surface area contributed by atoms with Crippen LogP contribution in [0.4, 0.5) is 10.1 Å². The first-order valence-corrected chi connectivity index (χ1v) is 7.54. The number of nitrogens with one attached hydrogen (secondary N) is 1. The summed E-state index contributed by atoms with van der Waals surface area (Å²) in [6, 6.07) is 12.0. The van der Waals surface area contributed by atoms with Crippen LogP contribution in [0, 0.1) is 5.82 Å². The second kappa shape index (κ2) is 5.34. The molecule has 5 heteroatoms. The molecule has 20 heavy (non-hydrogen) atoms. The summed E-state index contributed by atoms with van der Waals surface area (Å²) in [4.78, 5) is 12.1. The number of benzene rings is 2. The molecule has 0 unspecified atom stereocenters. The lowest BCUT2D eigenvalue weighted by atomic mass is 10.2. The zero-order valence-electron chi connectivity index (χ0n) is 10.2. The molecule has 0 saturated heterocycles. The lowest BCUT2D eigenvalue weighted by Crippen LogP contribution is -2.13. The Kier molecular flexibility index (Phi) is 3.54. The number of anilines is 1. The van der Waals surface area contributed by atoms with Gasteiger partial charge in [0.1, 0.15) is 5.82 Å². The molecule has 0 aliphatic heterocycles. The van der Waals surface area contributed by atoms with Crippen molar-refractivity contribution >= 4 is 48.9 Å². The first-order valence-electron chi connectivity index (χ1n) is 5.87. The molecule has 1 aromatic heterocycles. The molecular weight excluding hydrogens is 341 g/mol. The van der Waals surface area contributed by atoms with Gasteiger partial charge in [0, 0.05) is 14.9 Å². The lowest BCUT2D eigenvalue weighted by Gasteiger charge is -2.06. The van der Waals surface area contributed by atoms with Crippen molar-refractivity contribution in [2.75, 3.05) is 5.32 Å². The molecule has 1 amide bonds. The minimum Gasteiger partial charge on any atom is -0.322 e. The number of carbonyl (C=O) groups is 1. The summed E-state index contributed by atoms with van der Waals surface area (Å²) in [5.74, 6) is -1.00. The number of hydrogen-bond donors (Lipinski definition) is 1. The fraction of sp³-hybridized carbons (Fsp3) is 0. The van der Waals surface area contributed by atoms with Crippen LogP contribution in [0.25, 0.3) is 10.1 Å². The van der Waals surface area contributed by atoms with Crippen LogP contribution >= 0.6 is 27.3 Å². The molecule has 0 atom stereocenters. The van der Waals surface area contributed by atoms with Crippen molar-refractivity contribution in [3.63, 3.8) is 0 Å². The van der Waals surface area contributed by atoms with E-state index in [4.69, 9.17) is 0 Å². The Hall–Kier alpha value is -1.72. The van der Waals surface area contributed by atoms with Crippen molar-refractivity contribution in [3.8, 4) is 0 Å². The summed E-state index contributed by atoms with van der Waals surface area (Å²) in [6.45, 7) is 0. The molecule has 3 rings (SSSR count). The van der Waals surface area contributed by atoms with Gasteiger partial charge in [0.25, 0.3) is 5.91 Å². The van der Waals surface area contributed by atoms with Crippen LogP contribution in [0.1, 0.15) is 10.4 Å². The maximum atomic E-state index is 13.7. The maximum Gasteiger partial charge on any atom is 0.258 e. The Labute approximate surface area is 127 Å². The van der Waals surface area contributed by atoms with Gasteiger partial charge in [0.05, 0.1) is 5.56 Å². The van der Waals surface area contributed by atoms with Crippen molar-refractivity contribution in [2.45, 2.75) is 0 Å². The summed E-state index contributed by atoms with van der Waals surface area (Å²) in [5.41, 5.74) is 0.682. The monoisotopic (exact) mass is 349 g/mol. The van der Waals surface area contributed by atoms with Gasteiger partial charge in [-0.2, -0.15) is 0 Å². The van der Waals surface area contributed by atoms with Crippen LogP contribution in [0.5, 0.6) is 0 Å². The number of hydrogen-bond acceptors (Lipinski definition) is 2. The third-order valence-electron chi connectivity index (χ3n) is 2.89. The molecule has 2 nitrogen and oxygen atoms in total. The van der Waals surface area contributed by atoms with Crippen LogP contribution in [0.2, 0.25) is 0 Å². The molecule has 0 spiro atoms. The lowest BCUT2D eigenvalue weighted by molar-refractivity contribution is 0.102. The Morgan fingerprint density at radius 2 is 2.00 bits per heavy atom. The quantitative estimate of drug-likeness (QED) is 0.688. The summed E-state index contributed by atoms with van der Waals surface area (Å²) in [5, 5.41) is 5.76. The smallest absolute Gasteiger partial charge is 0.258 e. The first kappa shape index (κ1) is 13.3. The molecular formula is C15H9BrFNOS. The van der Waals surface area contributed by atoms with E-state index in [1.807, 2.05) is 29.6 Å². The van der Waals surface area contributed by atoms with Gasteiger partial charge >= 0.3 is 0 Å². The minimum absolute atomic E-state index is 0.0265. The van der Waals surface area contributed by atoms with Crippen LogP contribution in [-0.4, -0.2) is 5.91 Å². The molecule has 0 radical (unpaired) electrons. The van der Waals surface area contributed by atoms with E-state index in [1.54, 1.807) is 17.4 Å². The second-order valence-corrected chi connectivity index (χ2v) is 6.11. The number of fused-ring (bicyclic) bond motifs is 1. The van der Waals surface area contributed by atoms with Crippen LogP contribution in [0.3, 0.4) is 0 Å². The second-order valence-electron chi connectivity index (χ2n) is 4.25. The molecule has 3 aromatic rings. The van der Waals surface area contributed by atoms with Crippen LogP contribution in [-0.2, 0) is 0 Å². The number of carbonyl (C=O) groups excluding carboxylic acids is 1. The third-order valence-corrected chi connectivity index (χ3v) is 4.28. The molecule has 0 aliphatic rings. The zero-order valence-corrected chi connectivity index (χ0v) is 12.6. The van der Waals surface area contributed by atoms with E-state index in [-0.39, 0.29) is 5.56 Å². The van der Waals surface area contributed by atoms with Gasteiger partial charge in [-0.15, -0.1) is 11.3 Å². The average molecular weight is 350 g/mol. The zero-order chi connectivity index (χ0) is 14.1. The third kappa shape index (κ3) is 2.59. The van der Waals surface area contributed by atoms with Gasteiger partial charge in [-0.25, -0.2) is 4.39 Å². The molecule has 0 saturated carbocycles. The van der Waals surface area contributed by atoms with Crippen molar-refractivity contribution in [1.29, 1.82) is 0 Å². The molecule has 100 valence electrons. The molecule has 0 fully saturated rings. The Morgan fingerprint density at radius 3 is 2.80 bits per heavy atom. The maximum absolute atomic E-state index is 13.7. The highest BCUT2D eigenvalue weighted by Crippen LogP contribution is 2.24. The van der Waals surface area contributed by atoms with Gasteiger partial charge in [-0.05, 0) is 53.2 Å². The van der Waals surface area contributed by atoms with Crippen LogP contribution < -0.4 is 5.32 Å². The number of thiophene rings is 1. The minimum atomic E-state index is -0.548. The fourth-order valence-electron chi connectivity index (χ4n) is 1.92. The Bertz CT molecular complexity index is 799. The van der Waals surface area contributed by atoms with Crippen molar-refractivity contribution in [2.24, 2.45) is 0 Å². The number of rotatable bonds is 2. The van der Waals surface area contributed by atoms with Crippen LogP contribution in [0.15, 0.2) is 52.3 Å². The molecule has 1 heterocycles. The van der Waals surface area contributed by atoms with E-state index in [0.29, 0.717) is 10.2 Å². The standard InChI is InChI=1S/C15H9BrFNOS/c16-10-1-3-12(13(17)8-10)15(19)18-11-2-4-14-9(7-11)5-6-20-14/h1-8H,(H,18,19). The summed E-state index contributed by atoms with van der Waals surface area (Å²) in [6.07, 6.45) is 0. The van der Waals surface area contributed by atoms with Crippen molar-refractivity contribution < 1.29 is 9.18 Å². The molecule has 0 bridgehead atoms. The van der Waals surface area contributed by atoms with Gasteiger partial charge in [-0.1, -0.05) is 15.9 Å². The van der Waals surface area contributed by atoms with E-state index in [1.165, 1.54) is 12.1 Å². The summed E-state index contributed by atoms with van der Waals surface area (Å²) in [7, 11) is 0. The Morgan fingerprint density at radius 1 is 1.15 bits per heavy atom. The van der Waals surface area contributed by atoms with E-state index in [0.717, 1.165) is 10.1 Å². The Balaban J connectivity index is 1.87. The molecule has 2 aromatic carbocycles. The highest BCUT2D eigenvalue weighted by molar-refractivity contribution is 9.10. The van der Waals surface area contributed by atoms with Gasteiger partial charge in [-0.3, -0.25) is 4.79 Å². The van der Waals surface area contributed by atoms with Gasteiger partial charge < -0.3 is 5.32 Å². The SMILES string of the molecule is O=C(Nc1ccc2sccc2c1)c1ccc(Br)cc1F. The van der Waals surface area contributed by atoms with Crippen molar-refractivity contribution in [1.82, 2.24) is 0 Å². The van der Waals surface area contributed by atoms with Gasteiger partial charge in [0.2, 0.25) is 0 Å². The summed E-state index contributed by atoms with van der Waals surface area (Å²) < 4.78 is 15.5. The predicted octanol–water partition coefficient (Wildman–Crippen LogP) is 5.06. The van der Waals surface area contributed by atoms with Crippen molar-refractivity contribution in [3.05, 3.63) is 63.7 Å².